The first kappa shape index (κ1) is 19.4. The zero-order valence-corrected chi connectivity index (χ0v) is 16.2. The van der Waals surface area contributed by atoms with Crippen molar-refractivity contribution in [2.45, 2.75) is 27.3 Å². The van der Waals surface area contributed by atoms with Gasteiger partial charge in [0, 0.05) is 11.6 Å². The monoisotopic (exact) mass is 377 g/mol. The van der Waals surface area contributed by atoms with Crippen LogP contribution in [0.5, 0.6) is 5.75 Å². The molecule has 0 aliphatic rings. The van der Waals surface area contributed by atoms with Crippen molar-refractivity contribution in [3.8, 4) is 17.0 Å². The maximum Gasteiger partial charge on any atom is 0.267 e. The summed E-state index contributed by atoms with van der Waals surface area (Å²) in [7, 11) is 0. The lowest BCUT2D eigenvalue weighted by Gasteiger charge is -2.12. The molecule has 2 aromatic carbocycles. The molecule has 0 fully saturated rings. The first-order valence-corrected chi connectivity index (χ1v) is 9.15. The zero-order valence-electron chi connectivity index (χ0n) is 16.2. The Bertz CT molecular complexity index is 1060. The summed E-state index contributed by atoms with van der Waals surface area (Å²) in [5.74, 6) is 0.238. The van der Waals surface area contributed by atoms with E-state index in [9.17, 15) is 9.59 Å². The van der Waals surface area contributed by atoms with Crippen LogP contribution in [-0.2, 0) is 11.3 Å². The van der Waals surface area contributed by atoms with Crippen molar-refractivity contribution in [2.24, 2.45) is 0 Å². The van der Waals surface area contributed by atoms with Crippen molar-refractivity contribution in [1.82, 2.24) is 9.78 Å². The van der Waals surface area contributed by atoms with Gasteiger partial charge >= 0.3 is 0 Å². The van der Waals surface area contributed by atoms with E-state index in [-0.39, 0.29) is 18.0 Å². The van der Waals surface area contributed by atoms with Gasteiger partial charge in [-0.15, -0.1) is 0 Å². The first-order valence-electron chi connectivity index (χ1n) is 9.15. The minimum Gasteiger partial charge on any atom is -0.492 e. The summed E-state index contributed by atoms with van der Waals surface area (Å²) >= 11 is 0. The van der Waals surface area contributed by atoms with Gasteiger partial charge in [-0.05, 0) is 56.2 Å². The lowest BCUT2D eigenvalue weighted by molar-refractivity contribution is -0.117. The highest BCUT2D eigenvalue weighted by Gasteiger charge is 2.11. The van der Waals surface area contributed by atoms with Gasteiger partial charge in [-0.1, -0.05) is 24.3 Å². The summed E-state index contributed by atoms with van der Waals surface area (Å²) in [5, 5.41) is 7.15. The lowest BCUT2D eigenvalue weighted by Crippen LogP contribution is -2.29. The third-order valence-corrected chi connectivity index (χ3v) is 4.42. The van der Waals surface area contributed by atoms with E-state index in [1.807, 2.05) is 51.1 Å². The van der Waals surface area contributed by atoms with Crippen molar-refractivity contribution in [2.75, 3.05) is 11.9 Å². The van der Waals surface area contributed by atoms with Crippen LogP contribution >= 0.6 is 0 Å². The summed E-state index contributed by atoms with van der Waals surface area (Å²) in [6.45, 7) is 6.25. The number of benzene rings is 2. The summed E-state index contributed by atoms with van der Waals surface area (Å²) in [6.07, 6.45) is 0. The maximum atomic E-state index is 12.5. The number of hydrogen-bond acceptors (Lipinski definition) is 4. The second-order valence-electron chi connectivity index (χ2n) is 6.49. The Hall–Kier alpha value is -3.41. The average molecular weight is 377 g/mol. The first-order chi connectivity index (χ1) is 13.5. The van der Waals surface area contributed by atoms with Crippen LogP contribution in [0.1, 0.15) is 18.1 Å². The van der Waals surface area contributed by atoms with Gasteiger partial charge in [0.25, 0.3) is 5.56 Å². The number of para-hydroxylation sites is 2. The molecule has 1 heterocycles. The second-order valence-corrected chi connectivity index (χ2v) is 6.49. The molecule has 0 spiro atoms. The van der Waals surface area contributed by atoms with Gasteiger partial charge in [0.1, 0.15) is 12.3 Å². The molecule has 1 N–H and O–H groups in total. The largest absolute Gasteiger partial charge is 0.492 e. The molecule has 3 aromatic rings. The Labute approximate surface area is 163 Å². The Balaban J connectivity index is 1.81. The number of aromatic nitrogens is 2. The van der Waals surface area contributed by atoms with Gasteiger partial charge in [-0.25, -0.2) is 4.68 Å². The fourth-order valence-electron chi connectivity index (χ4n) is 2.79. The minimum absolute atomic E-state index is 0.183. The van der Waals surface area contributed by atoms with Crippen LogP contribution in [0.25, 0.3) is 11.3 Å². The van der Waals surface area contributed by atoms with Crippen LogP contribution in [0.3, 0.4) is 0 Å². The summed E-state index contributed by atoms with van der Waals surface area (Å²) in [6, 6.07) is 16.3. The number of ether oxygens (including phenoxy) is 1. The number of carbonyl (C=O) groups excluding carboxylic acids is 1. The molecular formula is C22H23N3O3. The molecule has 6 heteroatoms. The number of carbonyl (C=O) groups is 1. The van der Waals surface area contributed by atoms with Crippen molar-refractivity contribution in [1.29, 1.82) is 0 Å². The van der Waals surface area contributed by atoms with Gasteiger partial charge in [0.05, 0.1) is 18.0 Å². The molecule has 0 aliphatic heterocycles. The maximum absolute atomic E-state index is 12.5. The van der Waals surface area contributed by atoms with E-state index >= 15 is 0 Å². The SMILES string of the molecule is CCOc1ccccc1NC(=O)Cn1nc(-c2ccc(C)c(C)c2)ccc1=O. The van der Waals surface area contributed by atoms with Crippen LogP contribution in [0, 0.1) is 13.8 Å². The van der Waals surface area contributed by atoms with E-state index in [1.165, 1.54) is 16.3 Å². The van der Waals surface area contributed by atoms with Gasteiger partial charge in [0.2, 0.25) is 5.91 Å². The molecule has 0 aliphatic carbocycles. The predicted molar refractivity (Wildman–Crippen MR) is 110 cm³/mol. The smallest absolute Gasteiger partial charge is 0.267 e. The van der Waals surface area contributed by atoms with E-state index in [1.54, 1.807) is 18.2 Å². The quantitative estimate of drug-likeness (QED) is 0.713. The normalized spacial score (nSPS) is 10.5. The van der Waals surface area contributed by atoms with E-state index in [0.29, 0.717) is 23.7 Å². The molecule has 1 aromatic heterocycles. The predicted octanol–water partition coefficient (Wildman–Crippen LogP) is 3.56. The number of amides is 1. The number of nitrogens with zero attached hydrogens (tertiary/aromatic N) is 2. The second kappa shape index (κ2) is 8.52. The van der Waals surface area contributed by atoms with Crippen LogP contribution in [0.15, 0.2) is 59.4 Å². The van der Waals surface area contributed by atoms with Crippen LogP contribution in [-0.4, -0.2) is 22.3 Å². The highest BCUT2D eigenvalue weighted by atomic mass is 16.5. The summed E-state index contributed by atoms with van der Waals surface area (Å²) in [5.41, 5.74) is 4.10. The molecule has 0 radical (unpaired) electrons. The number of rotatable bonds is 6. The van der Waals surface area contributed by atoms with Crippen molar-refractivity contribution in [3.63, 3.8) is 0 Å². The number of hydrogen-bond donors (Lipinski definition) is 1. The molecule has 0 bridgehead atoms. The molecule has 0 unspecified atom stereocenters. The van der Waals surface area contributed by atoms with Crippen molar-refractivity contribution in [3.05, 3.63) is 76.1 Å². The topological polar surface area (TPSA) is 73.2 Å². The molecule has 0 saturated carbocycles. The van der Waals surface area contributed by atoms with E-state index in [4.69, 9.17) is 4.74 Å². The standard InChI is InChI=1S/C22H23N3O3/c1-4-28-20-8-6-5-7-19(20)23-21(26)14-25-22(27)12-11-18(24-25)17-10-9-15(2)16(3)13-17/h5-13H,4,14H2,1-3H3,(H,23,26). The van der Waals surface area contributed by atoms with E-state index < -0.39 is 0 Å². The Morgan fingerprint density at radius 2 is 1.86 bits per heavy atom. The molecular weight excluding hydrogens is 354 g/mol. The molecule has 0 atom stereocenters. The highest BCUT2D eigenvalue weighted by molar-refractivity contribution is 5.92. The lowest BCUT2D eigenvalue weighted by atomic mass is 10.0. The molecule has 1 amide bonds. The number of anilines is 1. The fraction of sp³-hybridized carbons (Fsp3) is 0.227. The Morgan fingerprint density at radius 1 is 1.07 bits per heavy atom. The van der Waals surface area contributed by atoms with Gasteiger partial charge < -0.3 is 10.1 Å². The van der Waals surface area contributed by atoms with Crippen LogP contribution in [0.2, 0.25) is 0 Å². The van der Waals surface area contributed by atoms with Crippen molar-refractivity contribution >= 4 is 11.6 Å². The Kier molecular flexibility index (Phi) is 5.89. The third-order valence-electron chi connectivity index (χ3n) is 4.42. The molecule has 0 saturated heterocycles. The molecule has 3 rings (SSSR count). The number of nitrogens with one attached hydrogen (secondary N) is 1. The number of aryl methyl sites for hydroxylation is 2. The average Bonchev–Trinajstić information content (AvgIpc) is 2.67. The van der Waals surface area contributed by atoms with Gasteiger partial charge in [0.15, 0.2) is 0 Å². The van der Waals surface area contributed by atoms with E-state index in [2.05, 4.69) is 10.4 Å². The van der Waals surface area contributed by atoms with Gasteiger partial charge in [-0.3, -0.25) is 9.59 Å². The van der Waals surface area contributed by atoms with Gasteiger partial charge in [-0.2, -0.15) is 5.10 Å². The van der Waals surface area contributed by atoms with Crippen molar-refractivity contribution < 1.29 is 9.53 Å². The van der Waals surface area contributed by atoms with E-state index in [0.717, 1.165) is 11.1 Å². The molecule has 6 nitrogen and oxygen atoms in total. The minimum atomic E-state index is -0.348. The zero-order chi connectivity index (χ0) is 20.1. The fourth-order valence-corrected chi connectivity index (χ4v) is 2.79. The van der Waals surface area contributed by atoms with Crippen LogP contribution in [0.4, 0.5) is 5.69 Å². The Morgan fingerprint density at radius 3 is 2.61 bits per heavy atom. The third kappa shape index (κ3) is 4.46. The molecule has 28 heavy (non-hydrogen) atoms. The summed E-state index contributed by atoms with van der Waals surface area (Å²) < 4.78 is 6.68. The molecule has 144 valence electrons. The summed E-state index contributed by atoms with van der Waals surface area (Å²) in [4.78, 5) is 24.6. The van der Waals surface area contributed by atoms with Crippen LogP contribution < -0.4 is 15.6 Å². The highest BCUT2D eigenvalue weighted by Crippen LogP contribution is 2.23.